The number of aromatic nitrogens is 1. The summed E-state index contributed by atoms with van der Waals surface area (Å²) in [4.78, 5) is 12.2. The van der Waals surface area contributed by atoms with Gasteiger partial charge in [0.2, 0.25) is 0 Å². The molecule has 18 heavy (non-hydrogen) atoms. The van der Waals surface area contributed by atoms with Crippen molar-refractivity contribution in [2.75, 3.05) is 11.5 Å². The zero-order chi connectivity index (χ0) is 13.7. The highest BCUT2D eigenvalue weighted by Crippen LogP contribution is 2.19. The van der Waals surface area contributed by atoms with Crippen LogP contribution in [0.1, 0.15) is 44.2 Å². The monoisotopic (exact) mass is 332 g/mol. The van der Waals surface area contributed by atoms with E-state index in [2.05, 4.69) is 42.0 Å². The Morgan fingerprint density at radius 2 is 2.17 bits per heavy atom. The summed E-state index contributed by atoms with van der Waals surface area (Å²) in [5.41, 5.74) is 0.713. The van der Waals surface area contributed by atoms with Crippen molar-refractivity contribution < 1.29 is 4.79 Å². The number of hydrogen-bond acceptors (Lipinski definition) is 2. The molecule has 1 aromatic heterocycles. The summed E-state index contributed by atoms with van der Waals surface area (Å²) in [6, 6.07) is 2.34. The van der Waals surface area contributed by atoms with Crippen molar-refractivity contribution in [3.8, 4) is 0 Å². The standard InChI is InChI=1S/C13H21BrN2OS/c1-5-18-8-10(4)15-13(17)12-6-11(14)7-16(12)9(2)3/h6-7,9-10H,5,8H2,1-4H3,(H,15,17). The van der Waals surface area contributed by atoms with Crippen LogP contribution in [0.4, 0.5) is 0 Å². The zero-order valence-corrected chi connectivity index (χ0v) is 13.8. The van der Waals surface area contributed by atoms with Gasteiger partial charge >= 0.3 is 0 Å². The van der Waals surface area contributed by atoms with E-state index in [1.165, 1.54) is 0 Å². The third-order valence-electron chi connectivity index (χ3n) is 2.55. The predicted octanol–water partition coefficient (Wildman–Crippen LogP) is 3.70. The van der Waals surface area contributed by atoms with E-state index in [4.69, 9.17) is 0 Å². The van der Waals surface area contributed by atoms with Crippen LogP contribution in [0.5, 0.6) is 0 Å². The van der Waals surface area contributed by atoms with Gasteiger partial charge in [0, 0.05) is 28.5 Å². The first-order chi connectivity index (χ1) is 8.45. The molecule has 0 aromatic carbocycles. The lowest BCUT2D eigenvalue weighted by Crippen LogP contribution is -2.35. The van der Waals surface area contributed by atoms with Crippen LogP contribution in [0.2, 0.25) is 0 Å². The molecule has 1 amide bonds. The van der Waals surface area contributed by atoms with E-state index in [1.807, 2.05) is 35.5 Å². The molecule has 0 saturated heterocycles. The molecule has 0 fully saturated rings. The molecular formula is C13H21BrN2OS. The van der Waals surface area contributed by atoms with Gasteiger partial charge in [0.05, 0.1) is 0 Å². The number of amides is 1. The number of nitrogens with zero attached hydrogens (tertiary/aromatic N) is 1. The first-order valence-corrected chi connectivity index (χ1v) is 8.16. The third-order valence-corrected chi connectivity index (χ3v) is 4.13. The maximum Gasteiger partial charge on any atom is 0.268 e. The lowest BCUT2D eigenvalue weighted by atomic mass is 10.3. The fourth-order valence-electron chi connectivity index (χ4n) is 1.69. The normalized spacial score (nSPS) is 12.8. The Labute approximate surface area is 122 Å². The van der Waals surface area contributed by atoms with E-state index in [9.17, 15) is 4.79 Å². The summed E-state index contributed by atoms with van der Waals surface area (Å²) >= 11 is 5.26. The highest BCUT2D eigenvalue weighted by Gasteiger charge is 2.16. The summed E-state index contributed by atoms with van der Waals surface area (Å²) < 4.78 is 2.93. The number of carbonyl (C=O) groups excluding carboxylic acids is 1. The van der Waals surface area contributed by atoms with Crippen molar-refractivity contribution in [2.45, 2.75) is 39.8 Å². The van der Waals surface area contributed by atoms with Crippen LogP contribution in [-0.2, 0) is 0 Å². The van der Waals surface area contributed by atoms with Gasteiger partial charge in [0.1, 0.15) is 5.69 Å². The van der Waals surface area contributed by atoms with Crippen LogP contribution in [-0.4, -0.2) is 28.0 Å². The SMILES string of the molecule is CCSCC(C)NC(=O)c1cc(Br)cn1C(C)C. The van der Waals surface area contributed by atoms with E-state index in [1.54, 1.807) is 0 Å². The predicted molar refractivity (Wildman–Crippen MR) is 82.4 cm³/mol. The fourth-order valence-corrected chi connectivity index (χ4v) is 2.80. The Morgan fingerprint density at radius 3 is 2.72 bits per heavy atom. The molecule has 1 aromatic rings. The number of carbonyl (C=O) groups is 1. The molecule has 1 N–H and O–H groups in total. The minimum Gasteiger partial charge on any atom is -0.347 e. The summed E-state index contributed by atoms with van der Waals surface area (Å²) in [6.45, 7) is 8.30. The summed E-state index contributed by atoms with van der Waals surface area (Å²) in [5, 5.41) is 3.04. The zero-order valence-electron chi connectivity index (χ0n) is 11.4. The topological polar surface area (TPSA) is 34.0 Å². The van der Waals surface area contributed by atoms with Crippen LogP contribution in [0, 0.1) is 0 Å². The molecule has 1 heterocycles. The lowest BCUT2D eigenvalue weighted by molar-refractivity contribution is 0.0933. The molecule has 0 aliphatic rings. The van der Waals surface area contributed by atoms with Crippen molar-refractivity contribution in [1.82, 2.24) is 9.88 Å². The molecule has 0 saturated carbocycles. The van der Waals surface area contributed by atoms with Crippen molar-refractivity contribution in [3.63, 3.8) is 0 Å². The van der Waals surface area contributed by atoms with Gasteiger partial charge in [0.25, 0.3) is 5.91 Å². The Bertz CT molecular complexity index is 404. The van der Waals surface area contributed by atoms with Gasteiger partial charge in [-0.05, 0) is 48.5 Å². The molecule has 0 bridgehead atoms. The number of rotatable bonds is 6. The quantitative estimate of drug-likeness (QED) is 0.861. The van der Waals surface area contributed by atoms with Crippen molar-refractivity contribution in [1.29, 1.82) is 0 Å². The molecule has 102 valence electrons. The fraction of sp³-hybridized carbons (Fsp3) is 0.615. The van der Waals surface area contributed by atoms with Crippen molar-refractivity contribution in [2.24, 2.45) is 0 Å². The Kier molecular flexibility index (Phi) is 6.29. The molecular weight excluding hydrogens is 312 g/mol. The first-order valence-electron chi connectivity index (χ1n) is 6.21. The third kappa shape index (κ3) is 4.35. The van der Waals surface area contributed by atoms with E-state index in [0.29, 0.717) is 5.69 Å². The smallest absolute Gasteiger partial charge is 0.268 e. The summed E-state index contributed by atoms with van der Waals surface area (Å²) in [5.74, 6) is 2.03. The van der Waals surface area contributed by atoms with Crippen LogP contribution in [0.3, 0.4) is 0 Å². The second kappa shape index (κ2) is 7.24. The highest BCUT2D eigenvalue weighted by molar-refractivity contribution is 9.10. The second-order valence-electron chi connectivity index (χ2n) is 4.58. The molecule has 1 unspecified atom stereocenters. The van der Waals surface area contributed by atoms with Crippen LogP contribution in [0.25, 0.3) is 0 Å². The number of nitrogens with one attached hydrogen (secondary N) is 1. The van der Waals surface area contributed by atoms with Gasteiger partial charge in [-0.15, -0.1) is 0 Å². The average molecular weight is 333 g/mol. The Morgan fingerprint density at radius 1 is 1.50 bits per heavy atom. The van der Waals surface area contributed by atoms with Gasteiger partial charge < -0.3 is 9.88 Å². The molecule has 3 nitrogen and oxygen atoms in total. The molecule has 0 aliphatic carbocycles. The Hall–Kier alpha value is -0.420. The van der Waals surface area contributed by atoms with Gasteiger partial charge in [0.15, 0.2) is 0 Å². The molecule has 0 radical (unpaired) electrons. The van der Waals surface area contributed by atoms with Gasteiger partial charge in [-0.25, -0.2) is 0 Å². The van der Waals surface area contributed by atoms with Crippen LogP contribution in [0.15, 0.2) is 16.7 Å². The number of halogens is 1. The molecule has 5 heteroatoms. The minimum absolute atomic E-state index is 0.00129. The number of thioether (sulfide) groups is 1. The molecule has 1 atom stereocenters. The second-order valence-corrected chi connectivity index (χ2v) is 6.81. The number of hydrogen-bond donors (Lipinski definition) is 1. The minimum atomic E-state index is -0.00129. The highest BCUT2D eigenvalue weighted by atomic mass is 79.9. The molecule has 0 spiro atoms. The van der Waals surface area contributed by atoms with Crippen molar-refractivity contribution >= 4 is 33.6 Å². The Balaban J connectivity index is 2.72. The summed E-state index contributed by atoms with van der Waals surface area (Å²) in [6.07, 6.45) is 1.95. The lowest BCUT2D eigenvalue weighted by Gasteiger charge is -2.16. The van der Waals surface area contributed by atoms with E-state index < -0.39 is 0 Å². The first kappa shape index (κ1) is 15.6. The van der Waals surface area contributed by atoms with E-state index in [0.717, 1.165) is 16.0 Å². The van der Waals surface area contributed by atoms with E-state index >= 15 is 0 Å². The molecule has 1 rings (SSSR count). The maximum atomic E-state index is 12.2. The van der Waals surface area contributed by atoms with Crippen LogP contribution >= 0.6 is 27.7 Å². The molecule has 0 aliphatic heterocycles. The maximum absolute atomic E-state index is 12.2. The largest absolute Gasteiger partial charge is 0.347 e. The van der Waals surface area contributed by atoms with E-state index in [-0.39, 0.29) is 18.0 Å². The van der Waals surface area contributed by atoms with Gasteiger partial charge in [-0.2, -0.15) is 11.8 Å². The van der Waals surface area contributed by atoms with Crippen LogP contribution < -0.4 is 5.32 Å². The summed E-state index contributed by atoms with van der Waals surface area (Å²) in [7, 11) is 0. The van der Waals surface area contributed by atoms with Gasteiger partial charge in [-0.3, -0.25) is 4.79 Å². The average Bonchev–Trinajstić information content (AvgIpc) is 2.69. The van der Waals surface area contributed by atoms with Gasteiger partial charge in [-0.1, -0.05) is 6.92 Å². The van der Waals surface area contributed by atoms with Crippen molar-refractivity contribution in [3.05, 3.63) is 22.4 Å².